The van der Waals surface area contributed by atoms with Crippen LogP contribution in [0.2, 0.25) is 0 Å². The molecule has 106 valence electrons. The zero-order chi connectivity index (χ0) is 14.9. The summed E-state index contributed by atoms with van der Waals surface area (Å²) in [6.45, 7) is 0. The molecule has 0 aromatic carbocycles. The summed E-state index contributed by atoms with van der Waals surface area (Å²) in [6.07, 6.45) is 2.86. The van der Waals surface area contributed by atoms with Crippen LogP contribution in [0.25, 0.3) is 17.1 Å². The third-order valence-electron chi connectivity index (χ3n) is 2.72. The van der Waals surface area contributed by atoms with Crippen molar-refractivity contribution in [3.8, 4) is 17.1 Å². The molecule has 3 heterocycles. The molecule has 3 aromatic heterocycles. The number of pyridine rings is 1. The maximum Gasteiger partial charge on any atom is 0.433 e. The number of hydrogen-bond acceptors (Lipinski definition) is 4. The lowest BCUT2D eigenvalue weighted by Crippen LogP contribution is -2.11. The fourth-order valence-corrected chi connectivity index (χ4v) is 1.73. The van der Waals surface area contributed by atoms with Gasteiger partial charge in [0.05, 0.1) is 6.20 Å². The molecule has 0 amide bonds. The summed E-state index contributed by atoms with van der Waals surface area (Å²) in [7, 11) is 0. The van der Waals surface area contributed by atoms with E-state index in [2.05, 4.69) is 20.1 Å². The summed E-state index contributed by atoms with van der Waals surface area (Å²) < 4.78 is 39.1. The first kappa shape index (κ1) is 13.2. The van der Waals surface area contributed by atoms with E-state index in [1.54, 1.807) is 24.7 Å². The largest absolute Gasteiger partial charge is 0.433 e. The number of nitrogens with zero attached hydrogens (tertiary/aromatic N) is 5. The van der Waals surface area contributed by atoms with Crippen molar-refractivity contribution in [2.75, 3.05) is 0 Å². The van der Waals surface area contributed by atoms with E-state index >= 15 is 0 Å². The molecule has 21 heavy (non-hydrogen) atoms. The molecule has 8 heteroatoms. The second kappa shape index (κ2) is 4.97. The number of hydrogen-bond donors (Lipinski definition) is 0. The summed E-state index contributed by atoms with van der Waals surface area (Å²) in [4.78, 5) is 11.2. The van der Waals surface area contributed by atoms with E-state index in [1.807, 2.05) is 6.07 Å². The van der Waals surface area contributed by atoms with Crippen molar-refractivity contribution in [3.63, 3.8) is 0 Å². The predicted octanol–water partition coefficient (Wildman–Crippen LogP) is 2.74. The standard InChI is InChI=1S/C13H8F3N5/c14-13(15,16)11-3-5-18-12(20-11)21-8-10(7-19-21)9-2-1-4-17-6-9/h1-8H. The van der Waals surface area contributed by atoms with Gasteiger partial charge >= 0.3 is 6.18 Å². The highest BCUT2D eigenvalue weighted by Crippen LogP contribution is 2.27. The Bertz CT molecular complexity index is 752. The van der Waals surface area contributed by atoms with Gasteiger partial charge < -0.3 is 0 Å². The minimum atomic E-state index is -4.52. The Hall–Kier alpha value is -2.77. The van der Waals surface area contributed by atoms with Crippen molar-refractivity contribution in [3.05, 3.63) is 54.9 Å². The summed E-state index contributed by atoms with van der Waals surface area (Å²) in [5.41, 5.74) is 0.505. The molecule has 0 atom stereocenters. The number of aromatic nitrogens is 5. The van der Waals surface area contributed by atoms with Crippen molar-refractivity contribution >= 4 is 0 Å². The van der Waals surface area contributed by atoms with Crippen molar-refractivity contribution in [2.24, 2.45) is 0 Å². The van der Waals surface area contributed by atoms with Gasteiger partial charge in [-0.15, -0.1) is 0 Å². The fraction of sp³-hybridized carbons (Fsp3) is 0.0769. The van der Waals surface area contributed by atoms with Gasteiger partial charge in [-0.25, -0.2) is 14.6 Å². The number of rotatable bonds is 2. The van der Waals surface area contributed by atoms with E-state index in [-0.39, 0.29) is 5.95 Å². The molecule has 5 nitrogen and oxygen atoms in total. The van der Waals surface area contributed by atoms with Crippen LogP contribution in [0, 0.1) is 0 Å². The van der Waals surface area contributed by atoms with Crippen LogP contribution in [0.4, 0.5) is 13.2 Å². The Kier molecular flexibility index (Phi) is 3.13. The van der Waals surface area contributed by atoms with Crippen molar-refractivity contribution in [2.45, 2.75) is 6.18 Å². The minimum absolute atomic E-state index is 0.139. The maximum absolute atomic E-state index is 12.6. The summed E-state index contributed by atoms with van der Waals surface area (Å²) in [6, 6.07) is 4.39. The van der Waals surface area contributed by atoms with Crippen LogP contribution in [0.1, 0.15) is 5.69 Å². The lowest BCUT2D eigenvalue weighted by Gasteiger charge is -2.06. The smallest absolute Gasteiger partial charge is 0.264 e. The minimum Gasteiger partial charge on any atom is -0.264 e. The Morgan fingerprint density at radius 2 is 1.86 bits per heavy atom. The highest BCUT2D eigenvalue weighted by atomic mass is 19.4. The first-order valence-electron chi connectivity index (χ1n) is 5.90. The van der Waals surface area contributed by atoms with Crippen LogP contribution < -0.4 is 0 Å². The number of alkyl halides is 3. The average molecular weight is 291 g/mol. The Morgan fingerprint density at radius 1 is 1.00 bits per heavy atom. The van der Waals surface area contributed by atoms with Crippen molar-refractivity contribution < 1.29 is 13.2 Å². The Balaban J connectivity index is 1.97. The van der Waals surface area contributed by atoms with Crippen molar-refractivity contribution in [1.82, 2.24) is 24.7 Å². The van der Waals surface area contributed by atoms with Crippen LogP contribution in [-0.2, 0) is 6.18 Å². The van der Waals surface area contributed by atoms with Gasteiger partial charge in [0.15, 0.2) is 0 Å². The van der Waals surface area contributed by atoms with Crippen molar-refractivity contribution in [1.29, 1.82) is 0 Å². The molecule has 0 N–H and O–H groups in total. The fourth-order valence-electron chi connectivity index (χ4n) is 1.73. The Morgan fingerprint density at radius 3 is 2.57 bits per heavy atom. The first-order chi connectivity index (χ1) is 10.0. The summed E-state index contributed by atoms with van der Waals surface area (Å²) in [5, 5.41) is 3.98. The number of halogens is 3. The zero-order valence-corrected chi connectivity index (χ0v) is 10.5. The van der Waals surface area contributed by atoms with Gasteiger partial charge in [-0.05, 0) is 12.1 Å². The molecule has 0 spiro atoms. The van der Waals surface area contributed by atoms with Gasteiger partial charge in [0.25, 0.3) is 5.95 Å². The second-order valence-electron chi connectivity index (χ2n) is 4.15. The highest BCUT2D eigenvalue weighted by Gasteiger charge is 2.33. The van der Waals surface area contributed by atoms with E-state index in [9.17, 15) is 13.2 Å². The van der Waals surface area contributed by atoms with E-state index in [4.69, 9.17) is 0 Å². The van der Waals surface area contributed by atoms with E-state index < -0.39 is 11.9 Å². The summed E-state index contributed by atoms with van der Waals surface area (Å²) >= 11 is 0. The Labute approximate surface area is 117 Å². The molecule has 0 radical (unpaired) electrons. The van der Waals surface area contributed by atoms with E-state index in [0.29, 0.717) is 5.56 Å². The predicted molar refractivity (Wildman–Crippen MR) is 67.4 cm³/mol. The SMILES string of the molecule is FC(F)(F)c1ccnc(-n2cc(-c3cccnc3)cn2)n1. The molecule has 0 unspecified atom stereocenters. The molecule has 0 aliphatic rings. The topological polar surface area (TPSA) is 56.5 Å². The van der Waals surface area contributed by atoms with Gasteiger partial charge in [-0.3, -0.25) is 4.98 Å². The first-order valence-corrected chi connectivity index (χ1v) is 5.90. The molecule has 0 aliphatic heterocycles. The normalized spacial score (nSPS) is 11.6. The molecular formula is C13H8F3N5. The van der Waals surface area contributed by atoms with Gasteiger partial charge in [0.1, 0.15) is 5.69 Å². The highest BCUT2D eigenvalue weighted by molar-refractivity contribution is 5.60. The molecule has 0 fully saturated rings. The molecule has 3 rings (SSSR count). The molecular weight excluding hydrogens is 283 g/mol. The zero-order valence-electron chi connectivity index (χ0n) is 10.5. The quantitative estimate of drug-likeness (QED) is 0.728. The van der Waals surface area contributed by atoms with Crippen LogP contribution in [0.15, 0.2) is 49.2 Å². The van der Waals surface area contributed by atoms with Gasteiger partial charge in [0, 0.05) is 35.9 Å². The molecule has 0 aliphatic carbocycles. The lowest BCUT2D eigenvalue weighted by molar-refractivity contribution is -0.141. The monoisotopic (exact) mass is 291 g/mol. The van der Waals surface area contributed by atoms with E-state index in [0.717, 1.165) is 17.8 Å². The maximum atomic E-state index is 12.6. The van der Waals surface area contributed by atoms with Crippen LogP contribution in [-0.4, -0.2) is 24.7 Å². The van der Waals surface area contributed by atoms with Gasteiger partial charge in [-0.1, -0.05) is 6.07 Å². The average Bonchev–Trinajstić information content (AvgIpc) is 2.97. The molecule has 3 aromatic rings. The van der Waals surface area contributed by atoms with E-state index in [1.165, 1.54) is 10.9 Å². The summed E-state index contributed by atoms with van der Waals surface area (Å²) in [5.74, 6) is -0.139. The van der Waals surface area contributed by atoms with Gasteiger partial charge in [0.2, 0.25) is 0 Å². The third kappa shape index (κ3) is 2.73. The molecule has 0 saturated heterocycles. The lowest BCUT2D eigenvalue weighted by atomic mass is 10.2. The van der Waals surface area contributed by atoms with Crippen LogP contribution in [0.3, 0.4) is 0 Å². The molecule has 0 saturated carbocycles. The third-order valence-corrected chi connectivity index (χ3v) is 2.72. The molecule has 0 bridgehead atoms. The van der Waals surface area contributed by atoms with Crippen LogP contribution >= 0.6 is 0 Å². The van der Waals surface area contributed by atoms with Crippen LogP contribution in [0.5, 0.6) is 0 Å². The second-order valence-corrected chi connectivity index (χ2v) is 4.15. The van der Waals surface area contributed by atoms with Gasteiger partial charge in [-0.2, -0.15) is 18.3 Å².